The van der Waals surface area contributed by atoms with Gasteiger partial charge in [-0.25, -0.2) is 9.59 Å². The second-order valence-corrected chi connectivity index (χ2v) is 14.1. The van der Waals surface area contributed by atoms with Crippen LogP contribution in [-0.4, -0.2) is 58.7 Å². The number of nitrogens with one attached hydrogen (secondary N) is 2. The molecule has 4 amide bonds. The number of ether oxygens (including phenoxy) is 2. The molecule has 0 aromatic heterocycles. The number of imide groups is 1. The molecule has 0 saturated carbocycles. The van der Waals surface area contributed by atoms with Gasteiger partial charge >= 0.3 is 18.1 Å². The fourth-order valence-electron chi connectivity index (χ4n) is 6.00. The molecule has 12 heteroatoms. The van der Waals surface area contributed by atoms with Gasteiger partial charge in [0.25, 0.3) is 11.8 Å². The number of aryl methyl sites for hydroxylation is 1. The smallest absolute Gasteiger partial charge is 0.408 e. The van der Waals surface area contributed by atoms with E-state index < -0.39 is 78.5 Å². The quantitative estimate of drug-likeness (QED) is 0.106. The number of amides is 4. The van der Waals surface area contributed by atoms with Crippen molar-refractivity contribution in [2.24, 2.45) is 11.8 Å². The molecule has 3 atom stereocenters. The molecule has 4 aromatic carbocycles. The van der Waals surface area contributed by atoms with Crippen LogP contribution in [0.4, 0.5) is 18.4 Å². The normalized spacial score (nSPS) is 12.9. The fraction of sp³-hybridized carbons (Fsp3) is 0.341. The summed E-state index contributed by atoms with van der Waals surface area (Å²) in [7, 11) is 0. The van der Waals surface area contributed by atoms with Crippen LogP contribution in [0.1, 0.15) is 56.4 Å². The number of hydrogen-bond acceptors (Lipinski definition) is 7. The maximum atomic E-state index is 17.0. The second-order valence-electron chi connectivity index (χ2n) is 14.1. The zero-order valence-electron chi connectivity index (χ0n) is 32.0. The number of ketones is 1. The van der Waals surface area contributed by atoms with Crippen molar-refractivity contribution in [2.75, 3.05) is 0 Å². The molecular weight excluding hydrogens is 720 g/mol. The van der Waals surface area contributed by atoms with Crippen molar-refractivity contribution in [1.29, 1.82) is 0 Å². The average molecular weight is 770 g/mol. The average Bonchev–Trinajstić information content (AvgIpc) is 3.20. The Labute approximate surface area is 326 Å². The number of alkyl carbamates (subject to hydrolysis) is 2. The van der Waals surface area contributed by atoms with Crippen molar-refractivity contribution in [3.63, 3.8) is 0 Å². The molecule has 4 aromatic rings. The van der Waals surface area contributed by atoms with E-state index in [9.17, 15) is 24.0 Å². The summed E-state index contributed by atoms with van der Waals surface area (Å²) < 4.78 is 44.7. The largest absolute Gasteiger partial charge is 0.445 e. The van der Waals surface area contributed by atoms with Crippen LogP contribution in [-0.2, 0) is 49.9 Å². The molecule has 2 N–H and O–H groups in total. The number of alkyl halides is 2. The first-order chi connectivity index (χ1) is 26.8. The van der Waals surface area contributed by atoms with E-state index in [4.69, 9.17) is 9.47 Å². The van der Waals surface area contributed by atoms with Gasteiger partial charge in [0, 0.05) is 6.42 Å². The van der Waals surface area contributed by atoms with Crippen LogP contribution in [0.15, 0.2) is 121 Å². The first-order valence-corrected chi connectivity index (χ1v) is 18.6. The van der Waals surface area contributed by atoms with Crippen LogP contribution in [0, 0.1) is 11.8 Å². The zero-order chi connectivity index (χ0) is 40.7. The van der Waals surface area contributed by atoms with Gasteiger partial charge in [-0.3, -0.25) is 19.3 Å². The van der Waals surface area contributed by atoms with E-state index >= 15 is 8.78 Å². The molecule has 0 radical (unpaired) electrons. The van der Waals surface area contributed by atoms with Crippen LogP contribution in [0.25, 0.3) is 0 Å². The van der Waals surface area contributed by atoms with Crippen molar-refractivity contribution in [3.8, 4) is 0 Å². The SMILES string of the molecule is CC(C)[C@H](NC(=O)OCc1ccccc1)C(=O)N(C(=O)[C@@H](NC(=O)OCc1ccccc1)C(C)C)[C@@H](Cc1ccccc1)C(F)(F)C(=O)CCc1ccccc1. The molecule has 56 heavy (non-hydrogen) atoms. The minimum absolute atomic E-state index is 0.0118. The second kappa shape index (κ2) is 20.7. The van der Waals surface area contributed by atoms with Crippen LogP contribution >= 0.6 is 0 Å². The molecule has 0 aliphatic rings. The molecule has 10 nitrogen and oxygen atoms in total. The molecule has 0 fully saturated rings. The molecule has 0 saturated heterocycles. The highest BCUT2D eigenvalue weighted by atomic mass is 19.3. The Balaban J connectivity index is 1.74. The number of benzene rings is 4. The summed E-state index contributed by atoms with van der Waals surface area (Å²) in [6.45, 7) is 5.97. The molecule has 0 unspecified atom stereocenters. The van der Waals surface area contributed by atoms with Gasteiger partial charge in [-0.05, 0) is 46.9 Å². The number of nitrogens with zero attached hydrogens (tertiary/aromatic N) is 1. The van der Waals surface area contributed by atoms with Gasteiger partial charge in [0.2, 0.25) is 5.78 Å². The maximum Gasteiger partial charge on any atom is 0.408 e. The minimum atomic E-state index is -4.28. The highest BCUT2D eigenvalue weighted by Crippen LogP contribution is 2.32. The first kappa shape index (κ1) is 42.8. The van der Waals surface area contributed by atoms with Crippen LogP contribution < -0.4 is 10.6 Å². The minimum Gasteiger partial charge on any atom is -0.445 e. The summed E-state index contributed by atoms with van der Waals surface area (Å²) in [5, 5.41) is 4.94. The van der Waals surface area contributed by atoms with E-state index in [-0.39, 0.29) is 19.6 Å². The van der Waals surface area contributed by atoms with Gasteiger partial charge in [-0.1, -0.05) is 149 Å². The summed E-state index contributed by atoms with van der Waals surface area (Å²) in [5.74, 6) is -9.67. The lowest BCUT2D eigenvalue weighted by Crippen LogP contribution is -2.65. The van der Waals surface area contributed by atoms with Gasteiger partial charge in [0.05, 0.1) is 0 Å². The van der Waals surface area contributed by atoms with Gasteiger partial charge in [-0.2, -0.15) is 8.78 Å². The lowest BCUT2D eigenvalue weighted by atomic mass is 9.90. The Hall–Kier alpha value is -5.91. The van der Waals surface area contributed by atoms with E-state index in [0.29, 0.717) is 27.2 Å². The Bertz CT molecular complexity index is 1800. The summed E-state index contributed by atoms with van der Waals surface area (Å²) in [4.78, 5) is 69.8. The topological polar surface area (TPSA) is 131 Å². The van der Waals surface area contributed by atoms with Gasteiger partial charge in [0.15, 0.2) is 0 Å². The monoisotopic (exact) mass is 769 g/mol. The van der Waals surface area contributed by atoms with Crippen molar-refractivity contribution in [1.82, 2.24) is 15.5 Å². The predicted octanol–water partition coefficient (Wildman–Crippen LogP) is 7.69. The zero-order valence-corrected chi connectivity index (χ0v) is 32.0. The number of halogens is 2. The number of carbonyl (C=O) groups excluding carboxylic acids is 5. The van der Waals surface area contributed by atoms with Crippen molar-refractivity contribution in [3.05, 3.63) is 144 Å². The van der Waals surface area contributed by atoms with Crippen molar-refractivity contribution >= 4 is 29.8 Å². The Morgan fingerprint density at radius 1 is 0.571 bits per heavy atom. The predicted molar refractivity (Wildman–Crippen MR) is 207 cm³/mol. The third-order valence-corrected chi connectivity index (χ3v) is 9.17. The molecule has 4 rings (SSSR count). The molecular formula is C44H49F2N3O7. The molecule has 0 heterocycles. The fourth-order valence-corrected chi connectivity index (χ4v) is 6.00. The first-order valence-electron chi connectivity index (χ1n) is 18.6. The molecule has 0 aliphatic carbocycles. The summed E-state index contributed by atoms with van der Waals surface area (Å²) in [6.07, 6.45) is -3.27. The van der Waals surface area contributed by atoms with E-state index in [2.05, 4.69) is 10.6 Å². The number of hydrogen-bond donors (Lipinski definition) is 2. The Morgan fingerprint density at radius 2 is 0.929 bits per heavy atom. The van der Waals surface area contributed by atoms with E-state index in [1.165, 1.54) is 0 Å². The number of Topliss-reactive ketones (excluding diaryl/α,β-unsaturated/α-hetero) is 1. The summed E-state index contributed by atoms with van der Waals surface area (Å²) >= 11 is 0. The number of rotatable bonds is 18. The molecule has 0 bridgehead atoms. The van der Waals surface area contributed by atoms with E-state index in [0.717, 1.165) is 0 Å². The number of carbonyl (C=O) groups is 5. The van der Waals surface area contributed by atoms with Crippen molar-refractivity contribution < 1.29 is 42.2 Å². The molecule has 0 aliphatic heterocycles. The molecule has 296 valence electrons. The third-order valence-electron chi connectivity index (χ3n) is 9.17. The lowest BCUT2D eigenvalue weighted by Gasteiger charge is -2.39. The standard InChI is InChI=1S/C44H49F2N3O7/c1-30(2)38(47-42(53)55-28-34-21-13-7-14-22-34)40(51)49(41(52)39(31(3)4)48-43(54)56-29-35-23-15-8-16-24-35)36(27-33-19-11-6-12-20-33)44(45,46)37(50)26-25-32-17-9-5-10-18-32/h5-24,30-31,36,38-39H,25-29H2,1-4H3,(H,47,53)(H,48,54)/t36-,38-,39-/m0/s1. The van der Waals surface area contributed by atoms with Crippen molar-refractivity contribution in [2.45, 2.75) is 84.2 Å². The molecule has 0 spiro atoms. The Morgan fingerprint density at radius 3 is 1.30 bits per heavy atom. The Kier molecular flexibility index (Phi) is 15.8. The van der Waals surface area contributed by atoms with Gasteiger partial charge < -0.3 is 20.1 Å². The highest BCUT2D eigenvalue weighted by Gasteiger charge is 2.54. The summed E-state index contributed by atoms with van der Waals surface area (Å²) in [6, 6.07) is 28.6. The summed E-state index contributed by atoms with van der Waals surface area (Å²) in [5.41, 5.74) is 2.28. The maximum absolute atomic E-state index is 17.0. The van der Waals surface area contributed by atoms with Crippen LogP contribution in [0.2, 0.25) is 0 Å². The lowest BCUT2D eigenvalue weighted by molar-refractivity contribution is -0.169. The van der Waals surface area contributed by atoms with Crippen LogP contribution in [0.3, 0.4) is 0 Å². The van der Waals surface area contributed by atoms with E-state index in [1.807, 2.05) is 0 Å². The van der Waals surface area contributed by atoms with Gasteiger partial charge in [0.1, 0.15) is 31.3 Å². The van der Waals surface area contributed by atoms with E-state index in [1.54, 1.807) is 149 Å². The van der Waals surface area contributed by atoms with Gasteiger partial charge in [-0.15, -0.1) is 0 Å². The van der Waals surface area contributed by atoms with Crippen LogP contribution in [0.5, 0.6) is 0 Å². The third kappa shape index (κ3) is 12.3. The highest BCUT2D eigenvalue weighted by molar-refractivity contribution is 6.03.